The highest BCUT2D eigenvalue weighted by atomic mass is 32.3. The Morgan fingerprint density at radius 2 is 1.81 bits per heavy atom. The number of anilines is 1. The Morgan fingerprint density at radius 1 is 1.13 bits per heavy atom. The Morgan fingerprint density at radius 3 is 2.40 bits per heavy atom. The molecule has 47 heavy (non-hydrogen) atoms. The van der Waals surface area contributed by atoms with Crippen molar-refractivity contribution in [1.29, 1.82) is 0 Å². The number of amides is 1. The number of carbonyl (C=O) groups excluding carboxylic acids is 1. The third-order valence-corrected chi connectivity index (χ3v) is 13.3. The third-order valence-electron chi connectivity index (χ3n) is 8.76. The van der Waals surface area contributed by atoms with Crippen molar-refractivity contribution in [2.75, 3.05) is 37.2 Å². The molecule has 262 valence electrons. The lowest BCUT2D eigenvalue weighted by Gasteiger charge is -2.44. The molecule has 1 unspecified atom stereocenters. The molecule has 0 aromatic carbocycles. The number of nitrogens with zero attached hydrogens (tertiary/aromatic N) is 6. The van der Waals surface area contributed by atoms with Crippen molar-refractivity contribution in [3.05, 3.63) is 41.9 Å². The number of pyridine rings is 1. The van der Waals surface area contributed by atoms with Gasteiger partial charge >= 0.3 is 6.18 Å². The molecular weight excluding hydrogens is 652 g/mol. The maximum Gasteiger partial charge on any atom is 0.397 e. The summed E-state index contributed by atoms with van der Waals surface area (Å²) in [5.74, 6) is 0.800. The molecule has 15 heteroatoms. The molecule has 4 rings (SSSR count). The predicted molar refractivity (Wildman–Crippen MR) is 183 cm³/mol. The van der Waals surface area contributed by atoms with Gasteiger partial charge in [0.1, 0.15) is 12.4 Å². The summed E-state index contributed by atoms with van der Waals surface area (Å²) >= 11 is 1.19. The minimum atomic E-state index is -4.42. The summed E-state index contributed by atoms with van der Waals surface area (Å²) in [6.07, 6.45) is 4.19. The number of hydrogen-bond donors (Lipinski definition) is 1. The summed E-state index contributed by atoms with van der Waals surface area (Å²) in [6.45, 7) is 15.5. The fourth-order valence-corrected chi connectivity index (χ4v) is 6.54. The molecule has 4 heterocycles. The molecule has 1 fully saturated rings. The van der Waals surface area contributed by atoms with Crippen LogP contribution in [0.25, 0.3) is 5.82 Å². The zero-order valence-electron chi connectivity index (χ0n) is 29.2. The van der Waals surface area contributed by atoms with E-state index in [0.29, 0.717) is 30.4 Å². The van der Waals surface area contributed by atoms with Crippen molar-refractivity contribution >= 4 is 34.0 Å². The second-order valence-electron chi connectivity index (χ2n) is 14.7. The maximum atomic E-state index is 13.7. The van der Waals surface area contributed by atoms with Crippen LogP contribution in [0.15, 0.2) is 35.5 Å². The van der Waals surface area contributed by atoms with E-state index < -0.39 is 28.5 Å². The molecule has 3 aromatic rings. The largest absolute Gasteiger partial charge is 0.476 e. The molecule has 0 spiro atoms. The van der Waals surface area contributed by atoms with Gasteiger partial charge in [0, 0.05) is 48.3 Å². The van der Waals surface area contributed by atoms with E-state index in [0.717, 1.165) is 30.9 Å². The molecule has 0 bridgehead atoms. The van der Waals surface area contributed by atoms with Crippen LogP contribution in [0.1, 0.15) is 70.9 Å². The maximum absolute atomic E-state index is 13.7. The molecule has 10 nitrogen and oxygen atoms in total. The molecule has 0 radical (unpaired) electrons. The number of carbonyl (C=O) groups is 1. The first-order chi connectivity index (χ1) is 21.5. The van der Waals surface area contributed by atoms with E-state index in [1.807, 2.05) is 20.2 Å². The highest BCUT2D eigenvalue weighted by Crippen LogP contribution is 2.54. The fourth-order valence-electron chi connectivity index (χ4n) is 4.95. The number of aryl methyl sites for hydroxylation is 2. The van der Waals surface area contributed by atoms with Crippen molar-refractivity contribution in [3.63, 3.8) is 0 Å². The van der Waals surface area contributed by atoms with Gasteiger partial charge < -0.3 is 13.8 Å². The standard InChI is InChI=1S/C32H48F3N7O3S2/c1-21-24(18-40(9)37-21)46-39-28(43)23-12-13-25(42-15-14-26(38-42)44-20-30(5,6)32(33,34)35)36-27(23)41-17-22(16-31(41,7)8)19-45-47(10,11)29(2,3)4/h12-15,18,22H,16-17,19-20H2,1-11H3,(H,39,43). The normalized spacial score (nSPS) is 17.7. The van der Waals surface area contributed by atoms with Crippen LogP contribution in [-0.2, 0) is 11.2 Å². The van der Waals surface area contributed by atoms with Gasteiger partial charge in [-0.1, -0.05) is 20.8 Å². The van der Waals surface area contributed by atoms with Gasteiger partial charge in [-0.15, -0.1) is 15.4 Å². The zero-order chi connectivity index (χ0) is 35.2. The lowest BCUT2D eigenvalue weighted by Crippen LogP contribution is -2.40. The monoisotopic (exact) mass is 699 g/mol. The number of ether oxygens (including phenoxy) is 1. The molecule has 3 aromatic heterocycles. The first-order valence-corrected chi connectivity index (χ1v) is 18.6. The van der Waals surface area contributed by atoms with Crippen molar-refractivity contribution in [2.24, 2.45) is 18.4 Å². The Bertz CT molecular complexity index is 1580. The molecule has 1 saturated heterocycles. The summed E-state index contributed by atoms with van der Waals surface area (Å²) in [6, 6.07) is 4.85. The highest BCUT2D eigenvalue weighted by molar-refractivity contribution is 8.29. The summed E-state index contributed by atoms with van der Waals surface area (Å²) in [5.41, 5.74) is -1.22. The van der Waals surface area contributed by atoms with E-state index in [9.17, 15) is 18.0 Å². The van der Waals surface area contributed by atoms with Crippen LogP contribution in [0.3, 0.4) is 0 Å². The van der Waals surface area contributed by atoms with Gasteiger partial charge in [0.05, 0.1) is 28.2 Å². The highest BCUT2D eigenvalue weighted by Gasteiger charge is 2.48. The number of halogens is 3. The molecular formula is C32H48F3N7O3S2. The van der Waals surface area contributed by atoms with E-state index in [4.69, 9.17) is 13.9 Å². The van der Waals surface area contributed by atoms with Gasteiger partial charge in [-0.3, -0.25) is 14.2 Å². The number of rotatable bonds is 11. The van der Waals surface area contributed by atoms with Crippen molar-refractivity contribution in [3.8, 4) is 11.7 Å². The third kappa shape index (κ3) is 8.40. The SMILES string of the molecule is Cc1nn(C)cc1SNC(=O)c1ccc(-n2ccc(OCC(C)(C)C(F)(F)F)n2)nc1N1CC(COS(C)(C)C(C)(C)C)CC1(C)C. The quantitative estimate of drug-likeness (QED) is 0.212. The molecule has 1 aliphatic heterocycles. The zero-order valence-corrected chi connectivity index (χ0v) is 30.8. The van der Waals surface area contributed by atoms with Crippen LogP contribution in [-0.4, -0.2) is 79.2 Å². The molecule has 1 aliphatic rings. The average Bonchev–Trinajstić information content (AvgIpc) is 3.63. The Labute approximate surface area is 281 Å². The lowest BCUT2D eigenvalue weighted by molar-refractivity contribution is -0.219. The number of aromatic nitrogens is 5. The van der Waals surface area contributed by atoms with Gasteiger partial charge in [-0.2, -0.15) is 18.3 Å². The fraction of sp³-hybridized carbons (Fsp3) is 0.625. The van der Waals surface area contributed by atoms with Crippen LogP contribution in [0.4, 0.5) is 19.0 Å². The van der Waals surface area contributed by atoms with Crippen molar-refractivity contribution < 1.29 is 26.9 Å². The second-order valence-corrected chi connectivity index (χ2v) is 19.5. The van der Waals surface area contributed by atoms with Gasteiger partial charge in [-0.25, -0.2) is 9.67 Å². The van der Waals surface area contributed by atoms with Gasteiger partial charge in [0.15, 0.2) is 5.82 Å². The Balaban J connectivity index is 1.63. The summed E-state index contributed by atoms with van der Waals surface area (Å²) < 4.78 is 58.1. The van der Waals surface area contributed by atoms with E-state index in [1.165, 1.54) is 22.7 Å². The molecule has 1 amide bonds. The molecule has 0 saturated carbocycles. The molecule has 0 aliphatic carbocycles. The Kier molecular flexibility index (Phi) is 10.4. The van der Waals surface area contributed by atoms with Crippen LogP contribution in [0.2, 0.25) is 0 Å². The minimum Gasteiger partial charge on any atom is -0.476 e. The van der Waals surface area contributed by atoms with Crippen LogP contribution in [0.5, 0.6) is 5.88 Å². The summed E-state index contributed by atoms with van der Waals surface area (Å²) in [7, 11) is 0.503. The lowest BCUT2D eigenvalue weighted by atomic mass is 9.94. The van der Waals surface area contributed by atoms with Crippen molar-refractivity contribution in [2.45, 2.75) is 83.2 Å². The van der Waals surface area contributed by atoms with Gasteiger partial charge in [0.25, 0.3) is 5.91 Å². The van der Waals surface area contributed by atoms with E-state index in [2.05, 4.69) is 66.9 Å². The van der Waals surface area contributed by atoms with E-state index in [1.54, 1.807) is 23.0 Å². The average molecular weight is 700 g/mol. The van der Waals surface area contributed by atoms with Gasteiger partial charge in [-0.05, 0) is 77.6 Å². The number of alkyl halides is 3. The molecule has 1 atom stereocenters. The summed E-state index contributed by atoms with van der Waals surface area (Å²) in [4.78, 5) is 21.6. The minimum absolute atomic E-state index is 0.0288. The Hall–Kier alpha value is -2.91. The topological polar surface area (TPSA) is 99.3 Å². The smallest absolute Gasteiger partial charge is 0.397 e. The first-order valence-electron chi connectivity index (χ1n) is 15.4. The van der Waals surface area contributed by atoms with Crippen LogP contribution in [0, 0.1) is 18.3 Å². The van der Waals surface area contributed by atoms with E-state index in [-0.39, 0.29) is 28.0 Å². The van der Waals surface area contributed by atoms with Crippen LogP contribution >= 0.6 is 22.3 Å². The summed E-state index contributed by atoms with van der Waals surface area (Å²) in [5, 5.41) is 8.68. The predicted octanol–water partition coefficient (Wildman–Crippen LogP) is 7.11. The number of nitrogens with one attached hydrogen (secondary N) is 1. The molecule has 1 N–H and O–H groups in total. The first kappa shape index (κ1) is 36.9. The van der Waals surface area contributed by atoms with Crippen molar-refractivity contribution in [1.82, 2.24) is 29.3 Å². The van der Waals surface area contributed by atoms with Crippen LogP contribution < -0.4 is 14.4 Å². The number of hydrogen-bond acceptors (Lipinski definition) is 8. The second kappa shape index (κ2) is 13.2. The van der Waals surface area contributed by atoms with E-state index >= 15 is 0 Å². The van der Waals surface area contributed by atoms with Gasteiger partial charge in [0.2, 0.25) is 5.88 Å².